The van der Waals surface area contributed by atoms with E-state index in [2.05, 4.69) is 11.9 Å². The summed E-state index contributed by atoms with van der Waals surface area (Å²) in [6.45, 7) is 8.90. The lowest BCUT2D eigenvalue weighted by molar-refractivity contribution is 0.0454. The zero-order valence-corrected chi connectivity index (χ0v) is 11.6. The molecular formula is C15H21NO3. The molecule has 4 nitrogen and oxygen atoms in total. The number of benzene rings is 1. The lowest BCUT2D eigenvalue weighted by atomic mass is 10.0. The predicted molar refractivity (Wildman–Crippen MR) is 74.8 cm³/mol. The maximum atomic E-state index is 11.8. The van der Waals surface area contributed by atoms with E-state index < -0.39 is 23.8 Å². The highest BCUT2D eigenvalue weighted by Gasteiger charge is 2.24. The van der Waals surface area contributed by atoms with Gasteiger partial charge in [-0.2, -0.15) is 0 Å². The summed E-state index contributed by atoms with van der Waals surface area (Å²) in [5.74, 6) is 0. The van der Waals surface area contributed by atoms with Crippen molar-refractivity contribution in [3.63, 3.8) is 0 Å². The molecule has 0 aromatic heterocycles. The Bertz CT molecular complexity index is 423. The summed E-state index contributed by atoms with van der Waals surface area (Å²) < 4.78 is 5.19. The molecule has 0 aliphatic heterocycles. The molecule has 0 spiro atoms. The monoisotopic (exact) mass is 263 g/mol. The normalized spacial score (nSPS) is 14.3. The molecule has 19 heavy (non-hydrogen) atoms. The molecule has 0 saturated heterocycles. The summed E-state index contributed by atoms with van der Waals surface area (Å²) in [6.07, 6.45) is -0.0631. The van der Waals surface area contributed by atoms with Gasteiger partial charge in [-0.1, -0.05) is 36.4 Å². The molecule has 104 valence electrons. The fraction of sp³-hybridized carbons (Fsp3) is 0.400. The molecule has 1 rings (SSSR count). The number of rotatable bonds is 4. The molecule has 0 bridgehead atoms. The van der Waals surface area contributed by atoms with Gasteiger partial charge in [0.05, 0.1) is 12.1 Å². The second-order valence-electron chi connectivity index (χ2n) is 5.26. The minimum Gasteiger partial charge on any atom is -0.444 e. The third kappa shape index (κ3) is 5.14. The van der Waals surface area contributed by atoms with Gasteiger partial charge in [0.25, 0.3) is 0 Å². The molecule has 1 aromatic carbocycles. The summed E-state index contributed by atoms with van der Waals surface area (Å²) in [5.41, 5.74) is 0.213. The Balaban J connectivity index is 2.82. The Hall–Kier alpha value is -1.81. The summed E-state index contributed by atoms with van der Waals surface area (Å²) in [4.78, 5) is 11.8. The van der Waals surface area contributed by atoms with Crippen molar-refractivity contribution in [2.24, 2.45) is 0 Å². The smallest absolute Gasteiger partial charge is 0.408 e. The zero-order valence-electron chi connectivity index (χ0n) is 11.6. The number of carbonyl (C=O) groups is 1. The van der Waals surface area contributed by atoms with Crippen LogP contribution in [0.5, 0.6) is 0 Å². The topological polar surface area (TPSA) is 58.6 Å². The highest BCUT2D eigenvalue weighted by molar-refractivity contribution is 5.68. The van der Waals surface area contributed by atoms with E-state index in [-0.39, 0.29) is 0 Å². The van der Waals surface area contributed by atoms with Crippen LogP contribution in [0.4, 0.5) is 4.79 Å². The molecule has 0 aliphatic carbocycles. The minimum atomic E-state index is -0.880. The first-order chi connectivity index (χ1) is 8.83. The Morgan fingerprint density at radius 1 is 1.37 bits per heavy atom. The van der Waals surface area contributed by atoms with Gasteiger partial charge in [0.15, 0.2) is 0 Å². The van der Waals surface area contributed by atoms with E-state index in [0.29, 0.717) is 0 Å². The Kier molecular flexibility index (Phi) is 5.12. The van der Waals surface area contributed by atoms with E-state index in [1.54, 1.807) is 20.8 Å². The summed E-state index contributed by atoms with van der Waals surface area (Å²) in [6, 6.07) is 8.63. The Morgan fingerprint density at radius 2 is 1.95 bits per heavy atom. The molecule has 2 atom stereocenters. The Morgan fingerprint density at radius 3 is 2.42 bits per heavy atom. The number of hydrogen-bond acceptors (Lipinski definition) is 3. The molecule has 0 heterocycles. The number of nitrogens with one attached hydrogen (secondary N) is 1. The molecule has 0 radical (unpaired) electrons. The molecule has 0 saturated carbocycles. The molecule has 1 amide bonds. The van der Waals surface area contributed by atoms with E-state index >= 15 is 0 Å². The van der Waals surface area contributed by atoms with E-state index in [0.717, 1.165) is 5.56 Å². The van der Waals surface area contributed by atoms with Crippen molar-refractivity contribution in [2.45, 2.75) is 38.5 Å². The zero-order chi connectivity index (χ0) is 14.5. The first-order valence-electron chi connectivity index (χ1n) is 6.18. The lowest BCUT2D eigenvalue weighted by Crippen LogP contribution is -2.39. The number of aliphatic hydroxyl groups is 1. The highest BCUT2D eigenvalue weighted by atomic mass is 16.6. The van der Waals surface area contributed by atoms with Crippen molar-refractivity contribution in [2.75, 3.05) is 0 Å². The van der Waals surface area contributed by atoms with Crippen molar-refractivity contribution in [1.82, 2.24) is 5.32 Å². The first kappa shape index (κ1) is 15.2. The summed E-state index contributed by atoms with van der Waals surface area (Å²) >= 11 is 0. The van der Waals surface area contributed by atoms with Crippen LogP contribution in [0.25, 0.3) is 0 Å². The molecule has 4 heteroatoms. The molecule has 0 fully saturated rings. The van der Waals surface area contributed by atoms with Gasteiger partial charge in [0, 0.05) is 0 Å². The Labute approximate surface area is 114 Å². The van der Waals surface area contributed by atoms with Crippen LogP contribution in [0.3, 0.4) is 0 Å². The van der Waals surface area contributed by atoms with Crippen LogP contribution in [0.2, 0.25) is 0 Å². The van der Waals surface area contributed by atoms with Gasteiger partial charge in [-0.3, -0.25) is 0 Å². The summed E-state index contributed by atoms with van der Waals surface area (Å²) in [7, 11) is 0. The minimum absolute atomic E-state index is 0.567. The number of hydrogen-bond donors (Lipinski definition) is 2. The molecule has 2 N–H and O–H groups in total. The third-order valence-electron chi connectivity index (χ3n) is 2.41. The van der Waals surface area contributed by atoms with Gasteiger partial charge in [0.2, 0.25) is 0 Å². The van der Waals surface area contributed by atoms with E-state index in [1.807, 2.05) is 30.3 Å². The number of carbonyl (C=O) groups excluding carboxylic acids is 1. The lowest BCUT2D eigenvalue weighted by Gasteiger charge is -2.25. The van der Waals surface area contributed by atoms with Gasteiger partial charge < -0.3 is 15.2 Å². The van der Waals surface area contributed by atoms with Crippen LogP contribution in [-0.2, 0) is 4.74 Å². The van der Waals surface area contributed by atoms with Crippen LogP contribution in [0.1, 0.15) is 32.4 Å². The van der Waals surface area contributed by atoms with Crippen molar-refractivity contribution in [1.29, 1.82) is 0 Å². The van der Waals surface area contributed by atoms with E-state index in [1.165, 1.54) is 6.08 Å². The predicted octanol–water partition coefficient (Wildman–Crippen LogP) is 2.80. The largest absolute Gasteiger partial charge is 0.444 e. The second-order valence-corrected chi connectivity index (χ2v) is 5.26. The van der Waals surface area contributed by atoms with Gasteiger partial charge in [-0.05, 0) is 26.3 Å². The standard InChI is InChI=1S/C15H21NO3/c1-5-12(17)13(11-9-7-6-8-10-11)16-14(18)19-15(2,3)4/h5-10,12-13,17H,1H2,2-4H3,(H,16,18). The van der Waals surface area contributed by atoms with Crippen LogP contribution < -0.4 is 5.32 Å². The molecule has 2 unspecified atom stereocenters. The number of ether oxygens (including phenoxy) is 1. The van der Waals surface area contributed by atoms with Crippen LogP contribution >= 0.6 is 0 Å². The quantitative estimate of drug-likeness (QED) is 0.821. The maximum Gasteiger partial charge on any atom is 0.408 e. The van der Waals surface area contributed by atoms with Crippen molar-refractivity contribution >= 4 is 6.09 Å². The van der Waals surface area contributed by atoms with Gasteiger partial charge >= 0.3 is 6.09 Å². The fourth-order valence-electron chi connectivity index (χ4n) is 1.60. The van der Waals surface area contributed by atoms with Gasteiger partial charge in [0.1, 0.15) is 5.60 Å². The third-order valence-corrected chi connectivity index (χ3v) is 2.41. The maximum absolute atomic E-state index is 11.8. The molecular weight excluding hydrogens is 242 g/mol. The second kappa shape index (κ2) is 6.38. The summed E-state index contributed by atoms with van der Waals surface area (Å²) in [5, 5.41) is 12.6. The van der Waals surface area contributed by atoms with E-state index in [9.17, 15) is 9.90 Å². The van der Waals surface area contributed by atoms with E-state index in [4.69, 9.17) is 4.74 Å². The fourth-order valence-corrected chi connectivity index (χ4v) is 1.60. The highest BCUT2D eigenvalue weighted by Crippen LogP contribution is 2.18. The van der Waals surface area contributed by atoms with Gasteiger partial charge in [-0.15, -0.1) is 6.58 Å². The van der Waals surface area contributed by atoms with Crippen molar-refractivity contribution in [3.8, 4) is 0 Å². The molecule has 1 aromatic rings. The SMILES string of the molecule is C=CC(O)C(NC(=O)OC(C)(C)C)c1ccccc1. The average molecular weight is 263 g/mol. The first-order valence-corrected chi connectivity index (χ1v) is 6.18. The average Bonchev–Trinajstić information content (AvgIpc) is 2.34. The van der Waals surface area contributed by atoms with Crippen molar-refractivity contribution in [3.05, 3.63) is 48.6 Å². The van der Waals surface area contributed by atoms with Crippen LogP contribution in [-0.4, -0.2) is 22.9 Å². The van der Waals surface area contributed by atoms with Crippen LogP contribution in [0, 0.1) is 0 Å². The number of aliphatic hydroxyl groups excluding tert-OH is 1. The number of alkyl carbamates (subject to hydrolysis) is 1. The molecule has 0 aliphatic rings. The van der Waals surface area contributed by atoms with Crippen molar-refractivity contribution < 1.29 is 14.6 Å². The van der Waals surface area contributed by atoms with Gasteiger partial charge in [-0.25, -0.2) is 4.79 Å². The van der Waals surface area contributed by atoms with Crippen LogP contribution in [0.15, 0.2) is 43.0 Å². The number of amides is 1.